The van der Waals surface area contributed by atoms with Crippen molar-refractivity contribution in [3.8, 4) is 0 Å². The van der Waals surface area contributed by atoms with Crippen LogP contribution in [0.15, 0.2) is 24.4 Å². The van der Waals surface area contributed by atoms with Crippen LogP contribution in [0.2, 0.25) is 0 Å². The van der Waals surface area contributed by atoms with Crippen LogP contribution in [0.25, 0.3) is 0 Å². The van der Waals surface area contributed by atoms with Gasteiger partial charge in [-0.05, 0) is 149 Å². The molecule has 10 unspecified atom stereocenters. The van der Waals surface area contributed by atoms with Gasteiger partial charge >= 0.3 is 0 Å². The Labute approximate surface area is 244 Å². The molecule has 5 rings (SSSR count). The smallest absolute Gasteiger partial charge is 0.129 e. The van der Waals surface area contributed by atoms with Crippen LogP contribution in [-0.2, 0) is 11.3 Å². The maximum atomic E-state index is 11.7. The summed E-state index contributed by atoms with van der Waals surface area (Å²) in [5.74, 6) is 4.11. The van der Waals surface area contributed by atoms with E-state index >= 15 is 0 Å². The standard InChI is InChI=1S/C35H57N3O2/c1-24(10-11-25(2)39)29-12-13-30-33-31(15-17-35(29,30)4)34(3)16-14-27(21-26(34)22-32(33)40)37-20-8-7-18-36-23-28-9-5-6-19-38-28/h5-6,9,19,24,26-27,29-33,36-37,40H,7-8,10-18,20-23H2,1-4H3. The Morgan fingerprint density at radius 1 is 1.05 bits per heavy atom. The van der Waals surface area contributed by atoms with E-state index in [0.29, 0.717) is 58.2 Å². The Kier molecular flexibility index (Phi) is 9.74. The van der Waals surface area contributed by atoms with E-state index in [0.717, 1.165) is 44.6 Å². The number of nitrogens with zero attached hydrogens (tertiary/aromatic N) is 1. The van der Waals surface area contributed by atoms with E-state index in [2.05, 4.69) is 42.5 Å². The highest BCUT2D eigenvalue weighted by molar-refractivity contribution is 5.75. The number of ketones is 1. The monoisotopic (exact) mass is 551 g/mol. The van der Waals surface area contributed by atoms with Gasteiger partial charge in [-0.3, -0.25) is 4.98 Å². The lowest BCUT2D eigenvalue weighted by atomic mass is 9.43. The van der Waals surface area contributed by atoms with Crippen molar-refractivity contribution in [1.82, 2.24) is 15.6 Å². The maximum absolute atomic E-state index is 11.7. The second-order valence-corrected chi connectivity index (χ2v) is 14.9. The lowest BCUT2D eigenvalue weighted by Gasteiger charge is -2.62. The number of nitrogens with one attached hydrogen (secondary N) is 2. The summed E-state index contributed by atoms with van der Waals surface area (Å²) >= 11 is 0. The summed E-state index contributed by atoms with van der Waals surface area (Å²) in [6.45, 7) is 12.3. The van der Waals surface area contributed by atoms with E-state index in [4.69, 9.17) is 0 Å². The van der Waals surface area contributed by atoms with Crippen LogP contribution in [0, 0.1) is 46.3 Å². The maximum Gasteiger partial charge on any atom is 0.129 e. The minimum Gasteiger partial charge on any atom is -0.393 e. The molecule has 4 aliphatic rings. The third kappa shape index (κ3) is 6.22. The molecular weight excluding hydrogens is 494 g/mol. The van der Waals surface area contributed by atoms with Crippen molar-refractivity contribution in [2.45, 2.75) is 123 Å². The van der Waals surface area contributed by atoms with Crippen LogP contribution in [0.1, 0.15) is 110 Å². The zero-order valence-corrected chi connectivity index (χ0v) is 25.8. The molecule has 40 heavy (non-hydrogen) atoms. The zero-order chi connectivity index (χ0) is 28.3. The number of aromatic nitrogens is 1. The van der Waals surface area contributed by atoms with E-state index in [1.54, 1.807) is 6.92 Å². The number of aliphatic hydroxyl groups excluding tert-OH is 1. The second-order valence-electron chi connectivity index (χ2n) is 14.9. The molecule has 5 heteroatoms. The Morgan fingerprint density at radius 2 is 1.82 bits per heavy atom. The first kappa shape index (κ1) is 30.2. The average molecular weight is 552 g/mol. The molecule has 0 spiro atoms. The molecule has 10 atom stereocenters. The van der Waals surface area contributed by atoms with Gasteiger partial charge in [0.15, 0.2) is 0 Å². The minimum atomic E-state index is -0.136. The van der Waals surface area contributed by atoms with Gasteiger partial charge < -0.3 is 20.5 Å². The van der Waals surface area contributed by atoms with Crippen LogP contribution < -0.4 is 10.6 Å². The summed E-state index contributed by atoms with van der Waals surface area (Å²) in [5, 5.41) is 19.1. The van der Waals surface area contributed by atoms with E-state index in [-0.39, 0.29) is 6.10 Å². The lowest BCUT2D eigenvalue weighted by molar-refractivity contribution is -0.167. The molecule has 4 saturated carbocycles. The Bertz CT molecular complexity index is 971. The van der Waals surface area contributed by atoms with Gasteiger partial charge in [-0.2, -0.15) is 0 Å². The van der Waals surface area contributed by atoms with Gasteiger partial charge in [0.1, 0.15) is 5.78 Å². The fourth-order valence-corrected chi connectivity index (χ4v) is 10.4. The van der Waals surface area contributed by atoms with Crippen molar-refractivity contribution >= 4 is 5.78 Å². The van der Waals surface area contributed by atoms with Gasteiger partial charge in [0.25, 0.3) is 0 Å². The lowest BCUT2D eigenvalue weighted by Crippen LogP contribution is -2.59. The number of unbranched alkanes of at least 4 members (excludes halogenated alkanes) is 1. The molecule has 1 aromatic rings. The predicted molar refractivity (Wildman–Crippen MR) is 163 cm³/mol. The normalized spacial score (nSPS) is 39.7. The third-order valence-corrected chi connectivity index (χ3v) is 12.6. The van der Waals surface area contributed by atoms with Crippen molar-refractivity contribution in [1.29, 1.82) is 0 Å². The van der Waals surface area contributed by atoms with E-state index in [1.807, 2.05) is 18.3 Å². The highest BCUT2D eigenvalue weighted by atomic mass is 16.3. The molecule has 4 aliphatic carbocycles. The largest absolute Gasteiger partial charge is 0.393 e. The molecule has 224 valence electrons. The molecule has 0 aromatic carbocycles. The number of carbonyl (C=O) groups excluding carboxylic acids is 1. The molecule has 0 amide bonds. The topological polar surface area (TPSA) is 74.2 Å². The molecule has 3 N–H and O–H groups in total. The molecular formula is C35H57N3O2. The average Bonchev–Trinajstić information content (AvgIpc) is 3.29. The first-order valence-electron chi connectivity index (χ1n) is 16.7. The molecule has 0 aliphatic heterocycles. The van der Waals surface area contributed by atoms with Gasteiger partial charge in [-0.25, -0.2) is 0 Å². The van der Waals surface area contributed by atoms with Crippen molar-refractivity contribution < 1.29 is 9.90 Å². The molecule has 1 heterocycles. The predicted octanol–water partition coefficient (Wildman–Crippen LogP) is 6.54. The van der Waals surface area contributed by atoms with Crippen LogP contribution >= 0.6 is 0 Å². The zero-order valence-electron chi connectivity index (χ0n) is 25.8. The molecule has 0 radical (unpaired) electrons. The number of fused-ring (bicyclic) bond motifs is 5. The quantitative estimate of drug-likeness (QED) is 0.257. The van der Waals surface area contributed by atoms with Gasteiger partial charge in [-0.15, -0.1) is 0 Å². The first-order valence-corrected chi connectivity index (χ1v) is 16.7. The van der Waals surface area contributed by atoms with Crippen molar-refractivity contribution in [3.63, 3.8) is 0 Å². The minimum absolute atomic E-state index is 0.136. The molecule has 0 saturated heterocycles. The van der Waals surface area contributed by atoms with Crippen LogP contribution in [0.5, 0.6) is 0 Å². The molecule has 1 aromatic heterocycles. The summed E-state index contributed by atoms with van der Waals surface area (Å²) in [6.07, 6.45) is 15.9. The number of carbonyl (C=O) groups is 1. The number of hydrogen-bond acceptors (Lipinski definition) is 5. The Morgan fingerprint density at radius 3 is 2.60 bits per heavy atom. The number of pyridine rings is 1. The van der Waals surface area contributed by atoms with Crippen molar-refractivity contribution in [3.05, 3.63) is 30.1 Å². The Balaban J connectivity index is 1.10. The van der Waals surface area contributed by atoms with Crippen LogP contribution in [0.4, 0.5) is 0 Å². The van der Waals surface area contributed by atoms with Crippen LogP contribution in [-0.4, -0.2) is 41.1 Å². The summed E-state index contributed by atoms with van der Waals surface area (Å²) < 4.78 is 0. The first-order chi connectivity index (χ1) is 19.2. The third-order valence-electron chi connectivity index (χ3n) is 12.6. The summed E-state index contributed by atoms with van der Waals surface area (Å²) in [5.41, 5.74) is 1.83. The summed E-state index contributed by atoms with van der Waals surface area (Å²) in [4.78, 5) is 16.0. The highest BCUT2D eigenvalue weighted by Gasteiger charge is 2.62. The highest BCUT2D eigenvalue weighted by Crippen LogP contribution is 2.68. The van der Waals surface area contributed by atoms with E-state index in [1.165, 1.54) is 57.8 Å². The number of aliphatic hydroxyl groups is 1. The SMILES string of the molecule is CC(=O)CCC(C)C1CCC2C3C(O)CC4CC(NCCCCNCc5ccccn5)CCC4(C)C3CCC12C. The Hall–Kier alpha value is -1.30. The van der Waals surface area contributed by atoms with E-state index in [9.17, 15) is 9.90 Å². The van der Waals surface area contributed by atoms with Gasteiger partial charge in [0, 0.05) is 25.2 Å². The van der Waals surface area contributed by atoms with Gasteiger partial charge in [-0.1, -0.05) is 26.8 Å². The number of rotatable bonds is 12. The number of Topliss-reactive ketones (excluding diaryl/α,β-unsaturated/α-hetero) is 1. The summed E-state index contributed by atoms with van der Waals surface area (Å²) in [6, 6.07) is 6.69. The number of hydrogen-bond donors (Lipinski definition) is 3. The summed E-state index contributed by atoms with van der Waals surface area (Å²) in [7, 11) is 0. The molecule has 0 bridgehead atoms. The van der Waals surface area contributed by atoms with Gasteiger partial charge in [0.05, 0.1) is 11.8 Å². The second kappa shape index (κ2) is 12.9. The molecule has 4 fully saturated rings. The van der Waals surface area contributed by atoms with Gasteiger partial charge in [0.2, 0.25) is 0 Å². The fraction of sp³-hybridized carbons (Fsp3) is 0.829. The van der Waals surface area contributed by atoms with Crippen LogP contribution in [0.3, 0.4) is 0 Å². The van der Waals surface area contributed by atoms with Crippen molar-refractivity contribution in [2.75, 3.05) is 13.1 Å². The van der Waals surface area contributed by atoms with E-state index < -0.39 is 0 Å². The molecule has 5 nitrogen and oxygen atoms in total. The van der Waals surface area contributed by atoms with Crippen molar-refractivity contribution in [2.24, 2.45) is 46.3 Å². The fourth-order valence-electron chi connectivity index (χ4n) is 10.4.